The first-order valence-corrected chi connectivity index (χ1v) is 9.88. The van der Waals surface area contributed by atoms with E-state index >= 15 is 0 Å². The molecule has 148 valence electrons. The number of hydrogen-bond acceptors (Lipinski definition) is 4. The Bertz CT molecular complexity index is 1060. The van der Waals surface area contributed by atoms with Crippen molar-refractivity contribution in [2.45, 2.75) is 32.1 Å². The van der Waals surface area contributed by atoms with Gasteiger partial charge in [0, 0.05) is 17.9 Å². The lowest BCUT2D eigenvalue weighted by Gasteiger charge is -2.24. The second kappa shape index (κ2) is 8.31. The molecule has 6 heteroatoms. The first-order chi connectivity index (χ1) is 14.2. The van der Waals surface area contributed by atoms with Crippen LogP contribution < -0.4 is 15.6 Å². The van der Waals surface area contributed by atoms with Crippen molar-refractivity contribution in [3.8, 4) is 17.1 Å². The van der Waals surface area contributed by atoms with E-state index in [0.29, 0.717) is 23.8 Å². The Labute approximate surface area is 169 Å². The van der Waals surface area contributed by atoms with Crippen LogP contribution in [-0.2, 0) is 4.79 Å². The van der Waals surface area contributed by atoms with E-state index in [0.717, 1.165) is 29.7 Å². The summed E-state index contributed by atoms with van der Waals surface area (Å²) in [6.07, 6.45) is 2.29. The van der Waals surface area contributed by atoms with Gasteiger partial charge in [0.1, 0.15) is 17.4 Å². The summed E-state index contributed by atoms with van der Waals surface area (Å²) in [5.41, 5.74) is 1.94. The molecule has 3 aromatic rings. The van der Waals surface area contributed by atoms with Crippen molar-refractivity contribution in [1.82, 2.24) is 9.97 Å². The third kappa shape index (κ3) is 4.06. The van der Waals surface area contributed by atoms with E-state index in [2.05, 4.69) is 22.2 Å². The summed E-state index contributed by atoms with van der Waals surface area (Å²) in [5, 5.41) is 2.76. The van der Waals surface area contributed by atoms with Crippen LogP contribution in [0, 0.1) is 0 Å². The number of benzene rings is 2. The number of hydrogen-bond donors (Lipinski definition) is 2. The molecule has 1 atom stereocenters. The molecule has 6 nitrogen and oxygen atoms in total. The van der Waals surface area contributed by atoms with Crippen LogP contribution >= 0.6 is 0 Å². The zero-order valence-corrected chi connectivity index (χ0v) is 16.3. The van der Waals surface area contributed by atoms with Crippen LogP contribution in [0.15, 0.2) is 59.4 Å². The number of amides is 1. The Hall–Kier alpha value is -3.41. The highest BCUT2D eigenvalue weighted by Crippen LogP contribution is 2.35. The van der Waals surface area contributed by atoms with Gasteiger partial charge in [-0.05, 0) is 24.1 Å². The van der Waals surface area contributed by atoms with Crippen LogP contribution in [0.5, 0.6) is 5.75 Å². The van der Waals surface area contributed by atoms with E-state index in [1.165, 1.54) is 0 Å². The molecule has 0 spiro atoms. The monoisotopic (exact) mass is 389 g/mol. The number of nitrogens with zero attached hydrogens (tertiary/aromatic N) is 1. The number of anilines is 1. The van der Waals surface area contributed by atoms with Gasteiger partial charge in [-0.3, -0.25) is 9.59 Å². The van der Waals surface area contributed by atoms with Crippen molar-refractivity contribution in [3.05, 3.63) is 76.1 Å². The van der Waals surface area contributed by atoms with Crippen LogP contribution in [0.25, 0.3) is 11.4 Å². The molecule has 2 aromatic carbocycles. The van der Waals surface area contributed by atoms with E-state index in [9.17, 15) is 9.59 Å². The molecule has 0 bridgehead atoms. The lowest BCUT2D eigenvalue weighted by Crippen LogP contribution is -2.31. The Balaban J connectivity index is 1.67. The second-order valence-electron chi connectivity index (χ2n) is 7.12. The summed E-state index contributed by atoms with van der Waals surface area (Å²) in [4.78, 5) is 32.6. The van der Waals surface area contributed by atoms with Crippen LogP contribution in [0.3, 0.4) is 0 Å². The number of aromatic amines is 1. The quantitative estimate of drug-likeness (QED) is 0.622. The number of carbonyl (C=O) groups is 1. The summed E-state index contributed by atoms with van der Waals surface area (Å²) in [7, 11) is 0. The van der Waals surface area contributed by atoms with E-state index in [1.807, 2.05) is 54.6 Å². The molecule has 1 aromatic heterocycles. The summed E-state index contributed by atoms with van der Waals surface area (Å²) < 4.78 is 5.71. The predicted octanol–water partition coefficient (Wildman–Crippen LogP) is 4.09. The van der Waals surface area contributed by atoms with E-state index in [1.54, 1.807) is 0 Å². The highest BCUT2D eigenvalue weighted by atomic mass is 16.5. The Morgan fingerprint density at radius 1 is 1.07 bits per heavy atom. The molecule has 0 aliphatic carbocycles. The van der Waals surface area contributed by atoms with Crippen LogP contribution in [0.4, 0.5) is 5.82 Å². The lowest BCUT2D eigenvalue weighted by atomic mass is 9.87. The molecule has 1 aliphatic heterocycles. The normalized spacial score (nSPS) is 15.5. The van der Waals surface area contributed by atoms with Gasteiger partial charge in [0.25, 0.3) is 5.56 Å². The highest BCUT2D eigenvalue weighted by molar-refractivity contribution is 5.94. The topological polar surface area (TPSA) is 84.1 Å². The minimum atomic E-state index is -0.343. The molecule has 0 radical (unpaired) electrons. The molecule has 2 N–H and O–H groups in total. The summed E-state index contributed by atoms with van der Waals surface area (Å²) in [6.45, 7) is 2.79. The van der Waals surface area contributed by atoms with Crippen molar-refractivity contribution in [3.63, 3.8) is 0 Å². The zero-order chi connectivity index (χ0) is 20.2. The fourth-order valence-corrected chi connectivity index (χ4v) is 3.52. The van der Waals surface area contributed by atoms with Crippen LogP contribution in [0.2, 0.25) is 0 Å². The van der Waals surface area contributed by atoms with Gasteiger partial charge >= 0.3 is 0 Å². The molecular formula is C23H23N3O3. The number of ether oxygens (including phenoxy) is 1. The lowest BCUT2D eigenvalue weighted by molar-refractivity contribution is -0.116. The first-order valence-electron chi connectivity index (χ1n) is 9.88. The average Bonchev–Trinajstić information content (AvgIpc) is 2.74. The fraction of sp³-hybridized carbons (Fsp3) is 0.261. The predicted molar refractivity (Wildman–Crippen MR) is 112 cm³/mol. The number of fused-ring (bicyclic) bond motifs is 1. The minimum Gasteiger partial charge on any atom is -0.494 e. The van der Waals surface area contributed by atoms with Crippen molar-refractivity contribution >= 4 is 11.7 Å². The number of aromatic nitrogens is 2. The van der Waals surface area contributed by atoms with Crippen molar-refractivity contribution in [2.24, 2.45) is 0 Å². The number of carbonyl (C=O) groups excluding carboxylic acids is 1. The Morgan fingerprint density at radius 2 is 1.83 bits per heavy atom. The van der Waals surface area contributed by atoms with Crippen molar-refractivity contribution in [1.29, 1.82) is 0 Å². The molecule has 0 saturated carbocycles. The maximum atomic E-state index is 12.9. The molecule has 29 heavy (non-hydrogen) atoms. The minimum absolute atomic E-state index is 0.150. The molecule has 0 unspecified atom stereocenters. The van der Waals surface area contributed by atoms with Crippen LogP contribution in [0.1, 0.15) is 43.2 Å². The van der Waals surface area contributed by atoms with Crippen molar-refractivity contribution in [2.75, 3.05) is 11.9 Å². The summed E-state index contributed by atoms with van der Waals surface area (Å²) >= 11 is 0. The summed E-state index contributed by atoms with van der Waals surface area (Å²) in [6, 6.07) is 17.0. The van der Waals surface area contributed by atoms with Gasteiger partial charge in [-0.25, -0.2) is 4.98 Å². The van der Waals surface area contributed by atoms with E-state index < -0.39 is 0 Å². The first kappa shape index (κ1) is 18.9. The Kier molecular flexibility index (Phi) is 5.42. The molecule has 1 aliphatic rings. The van der Waals surface area contributed by atoms with E-state index in [4.69, 9.17) is 4.74 Å². The van der Waals surface area contributed by atoms with Crippen molar-refractivity contribution < 1.29 is 9.53 Å². The average molecular weight is 389 g/mol. The van der Waals surface area contributed by atoms with Gasteiger partial charge in [-0.1, -0.05) is 55.8 Å². The SMILES string of the molecule is CCCCOc1ccc([C@H]2CC(=O)Nc3nc(-c4ccccc4)[nH]c(=O)c32)cc1. The smallest absolute Gasteiger partial charge is 0.257 e. The number of nitrogens with one attached hydrogen (secondary N) is 2. The molecule has 1 amide bonds. The molecule has 4 rings (SSSR count). The van der Waals surface area contributed by atoms with Gasteiger partial charge < -0.3 is 15.0 Å². The Morgan fingerprint density at radius 3 is 2.55 bits per heavy atom. The van der Waals surface area contributed by atoms with Gasteiger partial charge in [-0.15, -0.1) is 0 Å². The second-order valence-corrected chi connectivity index (χ2v) is 7.12. The number of unbranched alkanes of at least 4 members (excludes halogenated alkanes) is 1. The third-order valence-electron chi connectivity index (χ3n) is 5.05. The third-order valence-corrected chi connectivity index (χ3v) is 5.05. The molecular weight excluding hydrogens is 366 g/mol. The highest BCUT2D eigenvalue weighted by Gasteiger charge is 2.31. The maximum absolute atomic E-state index is 12.9. The van der Waals surface area contributed by atoms with E-state index in [-0.39, 0.29) is 23.8 Å². The fourth-order valence-electron chi connectivity index (χ4n) is 3.52. The van der Waals surface area contributed by atoms with Crippen LogP contribution in [-0.4, -0.2) is 22.5 Å². The number of rotatable bonds is 6. The zero-order valence-electron chi connectivity index (χ0n) is 16.3. The standard InChI is InChI=1S/C23H23N3O3/c1-2-3-13-29-17-11-9-15(10-12-17)18-14-19(27)24-22-20(18)23(28)26-21(25-22)16-7-5-4-6-8-16/h4-12,18H,2-3,13-14H2,1H3,(H2,24,25,26,27,28)/t18-/m1/s1. The van der Waals surface area contributed by atoms with Gasteiger partial charge in [-0.2, -0.15) is 0 Å². The molecule has 2 heterocycles. The van der Waals surface area contributed by atoms with Gasteiger partial charge in [0.05, 0.1) is 12.2 Å². The number of H-pyrrole nitrogens is 1. The van der Waals surface area contributed by atoms with Gasteiger partial charge in [0.2, 0.25) is 5.91 Å². The van der Waals surface area contributed by atoms with Gasteiger partial charge in [0.15, 0.2) is 0 Å². The molecule has 0 fully saturated rings. The largest absolute Gasteiger partial charge is 0.494 e. The summed E-state index contributed by atoms with van der Waals surface area (Å²) in [5.74, 6) is 1.06. The maximum Gasteiger partial charge on any atom is 0.257 e. The molecule has 0 saturated heterocycles.